The molecule has 1 N–H and O–H groups in total. The van der Waals surface area contributed by atoms with Crippen LogP contribution in [0.25, 0.3) is 0 Å². The van der Waals surface area contributed by atoms with Gasteiger partial charge in [-0.2, -0.15) is 17.6 Å². The van der Waals surface area contributed by atoms with Gasteiger partial charge in [0.2, 0.25) is 0 Å². The normalized spacial score (nSPS) is 12.9. The molecule has 1 atom stereocenters. The van der Waals surface area contributed by atoms with E-state index in [1.165, 1.54) is 36.5 Å². The molecule has 1 heterocycles. The zero-order chi connectivity index (χ0) is 29.6. The molecule has 0 saturated heterocycles. The SMILES string of the molecule is O=Nc1ccc(OC(=O)N[C@@](Cc2ccccc2)(c2cc(F)cc(OC(F)(F)C(F)F)c2)c2ccc(I)cn2)cc1. The highest BCUT2D eigenvalue weighted by Crippen LogP contribution is 2.37. The summed E-state index contributed by atoms with van der Waals surface area (Å²) in [6.45, 7) is 0. The highest BCUT2D eigenvalue weighted by atomic mass is 127. The molecule has 41 heavy (non-hydrogen) atoms. The second kappa shape index (κ2) is 12.6. The quantitative estimate of drug-likeness (QED) is 0.105. The number of alkyl halides is 4. The first-order valence-electron chi connectivity index (χ1n) is 11.8. The van der Waals surface area contributed by atoms with Crippen LogP contribution in [-0.4, -0.2) is 23.6 Å². The van der Waals surface area contributed by atoms with E-state index >= 15 is 0 Å². The summed E-state index contributed by atoms with van der Waals surface area (Å²) in [5.41, 5.74) is -1.08. The molecule has 13 heteroatoms. The van der Waals surface area contributed by atoms with Gasteiger partial charge < -0.3 is 14.8 Å². The molecule has 0 fully saturated rings. The maximum atomic E-state index is 14.9. The second-order valence-electron chi connectivity index (χ2n) is 8.67. The van der Waals surface area contributed by atoms with E-state index in [9.17, 15) is 31.7 Å². The summed E-state index contributed by atoms with van der Waals surface area (Å²) < 4.78 is 78.5. The molecule has 1 amide bonds. The maximum absolute atomic E-state index is 14.9. The smallest absolute Gasteiger partial charge is 0.428 e. The minimum absolute atomic E-state index is 0.0268. The number of nitrogens with one attached hydrogen (secondary N) is 1. The number of aromatic nitrogens is 1. The molecule has 0 aliphatic carbocycles. The molecular weight excluding hydrogens is 664 g/mol. The second-order valence-corrected chi connectivity index (χ2v) is 9.91. The van der Waals surface area contributed by atoms with Crippen LogP contribution in [0.15, 0.2) is 96.3 Å². The zero-order valence-electron chi connectivity index (χ0n) is 20.7. The van der Waals surface area contributed by atoms with E-state index in [1.54, 1.807) is 36.4 Å². The van der Waals surface area contributed by atoms with Crippen molar-refractivity contribution in [1.82, 2.24) is 10.3 Å². The number of nitrogens with zero attached hydrogens (tertiary/aromatic N) is 2. The van der Waals surface area contributed by atoms with Crippen molar-refractivity contribution < 1.29 is 36.2 Å². The third kappa shape index (κ3) is 7.34. The van der Waals surface area contributed by atoms with Crippen LogP contribution >= 0.6 is 22.6 Å². The van der Waals surface area contributed by atoms with Gasteiger partial charge in [-0.05, 0) is 87.4 Å². The van der Waals surface area contributed by atoms with Crippen molar-refractivity contribution in [2.24, 2.45) is 5.18 Å². The third-order valence-corrected chi connectivity index (χ3v) is 6.46. The number of pyridine rings is 1. The fraction of sp³-hybridized carbons (Fsp3) is 0.143. The first-order valence-corrected chi connectivity index (χ1v) is 12.8. The summed E-state index contributed by atoms with van der Waals surface area (Å²) in [6, 6.07) is 19.4. The predicted molar refractivity (Wildman–Crippen MR) is 147 cm³/mol. The van der Waals surface area contributed by atoms with E-state index in [0.717, 1.165) is 12.1 Å². The van der Waals surface area contributed by atoms with Crippen LogP contribution in [0.1, 0.15) is 16.8 Å². The van der Waals surface area contributed by atoms with Crippen LogP contribution in [-0.2, 0) is 12.0 Å². The molecule has 0 unspecified atom stereocenters. The highest BCUT2D eigenvalue weighted by Gasteiger charge is 2.45. The lowest BCUT2D eigenvalue weighted by Gasteiger charge is -2.35. The molecule has 0 spiro atoms. The largest absolute Gasteiger partial charge is 0.461 e. The topological polar surface area (TPSA) is 89.9 Å². The first-order chi connectivity index (χ1) is 19.5. The Bertz CT molecular complexity index is 1510. The summed E-state index contributed by atoms with van der Waals surface area (Å²) in [7, 11) is 0. The number of hydrogen-bond acceptors (Lipinski definition) is 6. The zero-order valence-corrected chi connectivity index (χ0v) is 22.9. The van der Waals surface area contributed by atoms with Crippen LogP contribution in [0.2, 0.25) is 0 Å². The summed E-state index contributed by atoms with van der Waals surface area (Å²) in [5.74, 6) is -1.98. The number of benzene rings is 3. The molecule has 0 aliphatic heterocycles. The molecular formula is C28H19F5IN3O4. The van der Waals surface area contributed by atoms with E-state index < -0.39 is 35.7 Å². The summed E-state index contributed by atoms with van der Waals surface area (Å²) in [6.07, 6.45) is -8.79. The fourth-order valence-corrected chi connectivity index (χ4v) is 4.32. The monoisotopic (exact) mass is 683 g/mol. The Morgan fingerprint density at radius 1 is 0.976 bits per heavy atom. The molecule has 212 valence electrons. The number of halogens is 6. The Labute approximate surface area is 243 Å². The van der Waals surface area contributed by atoms with Crippen molar-refractivity contribution in [1.29, 1.82) is 0 Å². The van der Waals surface area contributed by atoms with Crippen LogP contribution < -0.4 is 14.8 Å². The van der Waals surface area contributed by atoms with Crippen molar-refractivity contribution >= 4 is 34.4 Å². The number of hydrogen-bond donors (Lipinski definition) is 1. The standard InChI is InChI=1S/C28H19F5IN3O4/c29-19-12-18(13-23(14-19)41-28(32,33)25(30)31)27(15-17-4-2-1-3-5-17,24-11-6-20(34)16-35-24)36-26(38)40-22-9-7-21(37-39)8-10-22/h1-14,16,25H,15H2,(H,36,38)/t27-/m0/s1. The molecule has 0 aliphatic rings. The lowest BCUT2D eigenvalue weighted by Crippen LogP contribution is -2.50. The van der Waals surface area contributed by atoms with Crippen LogP contribution in [0.5, 0.6) is 11.5 Å². The number of ether oxygens (including phenoxy) is 2. The Hall–Kier alpha value is -4.14. The van der Waals surface area contributed by atoms with E-state index in [1.807, 2.05) is 22.6 Å². The number of amides is 1. The average molecular weight is 683 g/mol. The molecule has 0 bridgehead atoms. The van der Waals surface area contributed by atoms with Crippen LogP contribution in [0.3, 0.4) is 0 Å². The molecule has 4 rings (SSSR count). The molecule has 0 saturated carbocycles. The van der Waals surface area contributed by atoms with Crippen molar-refractivity contribution in [3.8, 4) is 11.5 Å². The summed E-state index contributed by atoms with van der Waals surface area (Å²) in [4.78, 5) is 28.4. The van der Waals surface area contributed by atoms with Gasteiger partial charge in [0.1, 0.15) is 28.5 Å². The maximum Gasteiger partial charge on any atom is 0.461 e. The van der Waals surface area contributed by atoms with Gasteiger partial charge in [-0.15, -0.1) is 4.91 Å². The Morgan fingerprint density at radius 2 is 1.68 bits per heavy atom. The van der Waals surface area contributed by atoms with E-state index in [4.69, 9.17) is 4.74 Å². The Balaban J connectivity index is 1.86. The number of carbonyl (C=O) groups excluding carboxylic acids is 1. The van der Waals surface area contributed by atoms with Gasteiger partial charge in [0.25, 0.3) is 0 Å². The third-order valence-electron chi connectivity index (χ3n) is 5.82. The molecule has 7 nitrogen and oxygen atoms in total. The van der Waals surface area contributed by atoms with Gasteiger partial charge in [-0.25, -0.2) is 9.18 Å². The first kappa shape index (κ1) is 29.8. The summed E-state index contributed by atoms with van der Waals surface area (Å²) in [5, 5.41) is 5.45. The Kier molecular flexibility index (Phi) is 9.15. The number of rotatable bonds is 10. The van der Waals surface area contributed by atoms with Crippen LogP contribution in [0.4, 0.5) is 32.4 Å². The van der Waals surface area contributed by atoms with Gasteiger partial charge in [0.05, 0.1) is 5.69 Å². The van der Waals surface area contributed by atoms with Gasteiger partial charge in [-0.3, -0.25) is 4.98 Å². The number of carbonyl (C=O) groups is 1. The Morgan fingerprint density at radius 3 is 2.29 bits per heavy atom. The summed E-state index contributed by atoms with van der Waals surface area (Å²) >= 11 is 2.00. The lowest BCUT2D eigenvalue weighted by molar-refractivity contribution is -0.253. The van der Waals surface area contributed by atoms with Gasteiger partial charge in [0.15, 0.2) is 0 Å². The van der Waals surface area contributed by atoms with Gasteiger partial charge in [-0.1, -0.05) is 30.3 Å². The fourth-order valence-electron chi connectivity index (χ4n) is 4.00. The van der Waals surface area contributed by atoms with E-state index in [-0.39, 0.29) is 29.1 Å². The average Bonchev–Trinajstić information content (AvgIpc) is 2.93. The molecule has 4 aromatic rings. The van der Waals surface area contributed by atoms with E-state index in [0.29, 0.717) is 15.2 Å². The van der Waals surface area contributed by atoms with E-state index in [2.05, 4.69) is 20.2 Å². The van der Waals surface area contributed by atoms with Crippen molar-refractivity contribution in [3.63, 3.8) is 0 Å². The van der Waals surface area contributed by atoms with Gasteiger partial charge in [0, 0.05) is 22.3 Å². The lowest BCUT2D eigenvalue weighted by atomic mass is 9.80. The van der Waals surface area contributed by atoms with Gasteiger partial charge >= 0.3 is 18.6 Å². The van der Waals surface area contributed by atoms with Crippen molar-refractivity contribution in [2.75, 3.05) is 0 Å². The molecule has 3 aromatic carbocycles. The molecule has 1 aromatic heterocycles. The van der Waals surface area contributed by atoms with Crippen molar-refractivity contribution in [2.45, 2.75) is 24.5 Å². The molecule has 0 radical (unpaired) electrons. The minimum Gasteiger partial charge on any atom is -0.428 e. The number of nitroso groups, excluding NO2 is 1. The highest BCUT2D eigenvalue weighted by molar-refractivity contribution is 14.1. The van der Waals surface area contributed by atoms with Crippen molar-refractivity contribution in [3.05, 3.63) is 122 Å². The van der Waals surface area contributed by atoms with Crippen LogP contribution in [0, 0.1) is 14.3 Å². The minimum atomic E-state index is -4.91. The predicted octanol–water partition coefficient (Wildman–Crippen LogP) is 7.73.